The molecule has 1 unspecified atom stereocenters. The molecule has 1 atom stereocenters. The highest BCUT2D eigenvalue weighted by Crippen LogP contribution is 2.54. The molecule has 150 valence electrons. The van der Waals surface area contributed by atoms with E-state index in [-0.39, 0.29) is 0 Å². The van der Waals surface area contributed by atoms with Gasteiger partial charge in [0.25, 0.3) is 0 Å². The maximum absolute atomic E-state index is 11.8. The second kappa shape index (κ2) is 14.4. The minimum atomic E-state index is -4.08. The molecule has 0 heterocycles. The third kappa shape index (κ3) is 11.2. The Morgan fingerprint density at radius 3 is 1.58 bits per heavy atom. The molecular weight excluding hydrogens is 343 g/mol. The van der Waals surface area contributed by atoms with Gasteiger partial charge in [0.2, 0.25) is 0 Å². The van der Waals surface area contributed by atoms with Crippen molar-refractivity contribution >= 4 is 7.60 Å². The van der Waals surface area contributed by atoms with Crippen molar-refractivity contribution in [2.24, 2.45) is 0 Å². The summed E-state index contributed by atoms with van der Waals surface area (Å²) in [5.41, 5.74) is 0.121. The van der Waals surface area contributed by atoms with Gasteiger partial charge in [0, 0.05) is 0 Å². The number of hydrogen-bond donors (Lipinski definition) is 2. The van der Waals surface area contributed by atoms with Crippen LogP contribution in [0.25, 0.3) is 0 Å². The van der Waals surface area contributed by atoms with Crippen LogP contribution >= 0.6 is 7.60 Å². The number of hydrogen-bond acceptors (Lipinski definition) is 1. The third-order valence-corrected chi connectivity index (χ3v) is 6.54. The fourth-order valence-electron chi connectivity index (χ4n) is 3.56. The lowest BCUT2D eigenvalue weighted by Crippen LogP contribution is -2.00. The molecule has 1 aromatic rings. The van der Waals surface area contributed by atoms with Crippen LogP contribution < -0.4 is 0 Å². The smallest absolute Gasteiger partial charge is 0.324 e. The fourth-order valence-corrected chi connectivity index (χ4v) is 4.64. The van der Waals surface area contributed by atoms with Gasteiger partial charge < -0.3 is 9.79 Å². The summed E-state index contributed by atoms with van der Waals surface area (Å²) < 4.78 is 11.8. The van der Waals surface area contributed by atoms with E-state index in [1.165, 1.54) is 70.6 Å². The lowest BCUT2D eigenvalue weighted by molar-refractivity contribution is 0.353. The second-order valence-electron chi connectivity index (χ2n) is 7.55. The first-order valence-electron chi connectivity index (χ1n) is 10.7. The van der Waals surface area contributed by atoms with Crippen molar-refractivity contribution < 1.29 is 14.4 Å². The molecule has 1 rings (SSSR count). The van der Waals surface area contributed by atoms with E-state index in [0.717, 1.165) is 18.4 Å². The van der Waals surface area contributed by atoms with Crippen LogP contribution in [0.3, 0.4) is 0 Å². The molecule has 26 heavy (non-hydrogen) atoms. The SMILES string of the molecule is CCCCCCCCCCCCCCCC(c1ccccc1)P(=O)(O)O. The Morgan fingerprint density at radius 2 is 1.15 bits per heavy atom. The Hall–Kier alpha value is -0.630. The molecule has 0 amide bonds. The van der Waals surface area contributed by atoms with E-state index in [0.29, 0.717) is 6.42 Å². The van der Waals surface area contributed by atoms with Crippen LogP contribution in [0, 0.1) is 0 Å². The van der Waals surface area contributed by atoms with Gasteiger partial charge in [-0.1, -0.05) is 121 Å². The lowest BCUT2D eigenvalue weighted by Gasteiger charge is -2.18. The van der Waals surface area contributed by atoms with E-state index in [2.05, 4.69) is 6.92 Å². The monoisotopic (exact) mass is 382 g/mol. The average Bonchev–Trinajstić information content (AvgIpc) is 2.62. The van der Waals surface area contributed by atoms with Gasteiger partial charge >= 0.3 is 7.60 Å². The summed E-state index contributed by atoms with van der Waals surface area (Å²) in [6.45, 7) is 2.26. The van der Waals surface area contributed by atoms with Crippen molar-refractivity contribution in [3.05, 3.63) is 35.9 Å². The van der Waals surface area contributed by atoms with Crippen LogP contribution in [-0.4, -0.2) is 9.79 Å². The standard InChI is InChI=1S/C22H39O3P/c1-2-3-4-5-6-7-8-9-10-11-12-13-17-20-22(26(23,24)25)21-18-15-14-16-19-21/h14-16,18-19,22H,2-13,17,20H2,1H3,(H2,23,24,25). The summed E-state index contributed by atoms with van der Waals surface area (Å²) in [5.74, 6) is 0. The van der Waals surface area contributed by atoms with E-state index in [9.17, 15) is 14.4 Å². The Morgan fingerprint density at radius 1 is 0.731 bits per heavy atom. The van der Waals surface area contributed by atoms with Crippen molar-refractivity contribution in [2.75, 3.05) is 0 Å². The predicted octanol–water partition coefficient (Wildman–Crippen LogP) is 7.39. The van der Waals surface area contributed by atoms with Gasteiger partial charge in [-0.05, 0) is 12.0 Å². The Kier molecular flexibility index (Phi) is 13.0. The molecule has 0 aromatic heterocycles. The number of rotatable bonds is 16. The van der Waals surface area contributed by atoms with Crippen molar-refractivity contribution in [1.29, 1.82) is 0 Å². The molecule has 1 aromatic carbocycles. The number of benzene rings is 1. The first-order chi connectivity index (χ1) is 12.6. The van der Waals surface area contributed by atoms with Crippen LogP contribution in [0.15, 0.2) is 30.3 Å². The van der Waals surface area contributed by atoms with E-state index in [1.54, 1.807) is 0 Å². The van der Waals surface area contributed by atoms with Crippen molar-refractivity contribution in [2.45, 2.75) is 102 Å². The van der Waals surface area contributed by atoms with Gasteiger partial charge in [-0.25, -0.2) is 0 Å². The molecule has 4 heteroatoms. The summed E-state index contributed by atoms with van der Waals surface area (Å²) >= 11 is 0. The molecule has 2 N–H and O–H groups in total. The lowest BCUT2D eigenvalue weighted by atomic mass is 10.0. The highest BCUT2D eigenvalue weighted by atomic mass is 31.2. The molecule has 0 radical (unpaired) electrons. The Bertz CT molecular complexity index is 483. The minimum absolute atomic E-state index is 0.575. The van der Waals surface area contributed by atoms with Crippen molar-refractivity contribution in [3.63, 3.8) is 0 Å². The maximum atomic E-state index is 11.8. The first-order valence-corrected chi connectivity index (χ1v) is 12.3. The van der Waals surface area contributed by atoms with Crippen molar-refractivity contribution in [3.8, 4) is 0 Å². The molecule has 0 spiro atoms. The zero-order chi connectivity index (χ0) is 19.1. The third-order valence-electron chi connectivity index (χ3n) is 5.17. The van der Waals surface area contributed by atoms with Gasteiger partial charge in [-0.2, -0.15) is 0 Å². The molecule has 0 aliphatic carbocycles. The van der Waals surface area contributed by atoms with Gasteiger partial charge in [-0.3, -0.25) is 4.57 Å². The normalized spacial score (nSPS) is 13.0. The molecule has 0 bridgehead atoms. The summed E-state index contributed by atoms with van der Waals surface area (Å²) in [6, 6.07) is 9.23. The molecular formula is C22H39O3P. The quantitative estimate of drug-likeness (QED) is 0.231. The van der Waals surface area contributed by atoms with Crippen LogP contribution in [0.1, 0.15) is 108 Å². The summed E-state index contributed by atoms with van der Waals surface area (Å²) in [7, 11) is -4.08. The highest BCUT2D eigenvalue weighted by Gasteiger charge is 2.29. The summed E-state index contributed by atoms with van der Waals surface area (Å²) in [5, 5.41) is 0. The molecule has 0 aliphatic heterocycles. The molecule has 0 saturated heterocycles. The van der Waals surface area contributed by atoms with E-state index in [1.807, 2.05) is 30.3 Å². The van der Waals surface area contributed by atoms with Gasteiger partial charge in [0.15, 0.2) is 0 Å². The fraction of sp³-hybridized carbons (Fsp3) is 0.727. The van der Waals surface area contributed by atoms with Gasteiger partial charge in [-0.15, -0.1) is 0 Å². The van der Waals surface area contributed by atoms with Crippen LogP contribution in [0.4, 0.5) is 0 Å². The van der Waals surface area contributed by atoms with Crippen LogP contribution in [-0.2, 0) is 4.57 Å². The highest BCUT2D eigenvalue weighted by molar-refractivity contribution is 7.52. The van der Waals surface area contributed by atoms with Gasteiger partial charge in [0.1, 0.15) is 0 Å². The summed E-state index contributed by atoms with van der Waals surface area (Å²) in [6.07, 6.45) is 17.2. The zero-order valence-corrected chi connectivity index (χ0v) is 17.5. The number of unbranched alkanes of at least 4 members (excludes halogenated alkanes) is 12. The molecule has 0 saturated carbocycles. The van der Waals surface area contributed by atoms with E-state index >= 15 is 0 Å². The van der Waals surface area contributed by atoms with Gasteiger partial charge in [0.05, 0.1) is 5.66 Å². The summed E-state index contributed by atoms with van der Waals surface area (Å²) in [4.78, 5) is 19.3. The second-order valence-corrected chi connectivity index (χ2v) is 9.35. The average molecular weight is 383 g/mol. The molecule has 3 nitrogen and oxygen atoms in total. The molecule has 0 aliphatic rings. The maximum Gasteiger partial charge on any atom is 0.332 e. The Balaban J connectivity index is 2.04. The van der Waals surface area contributed by atoms with Crippen LogP contribution in [0.2, 0.25) is 0 Å². The van der Waals surface area contributed by atoms with E-state index < -0.39 is 13.3 Å². The first kappa shape index (κ1) is 23.4. The Labute approximate surface area is 160 Å². The predicted molar refractivity (Wildman–Crippen MR) is 112 cm³/mol. The largest absolute Gasteiger partial charge is 0.332 e. The minimum Gasteiger partial charge on any atom is -0.324 e. The molecule has 0 fully saturated rings. The van der Waals surface area contributed by atoms with Crippen molar-refractivity contribution in [1.82, 2.24) is 0 Å². The topological polar surface area (TPSA) is 57.5 Å². The van der Waals surface area contributed by atoms with Crippen LogP contribution in [0.5, 0.6) is 0 Å². The zero-order valence-electron chi connectivity index (χ0n) is 16.6. The van der Waals surface area contributed by atoms with E-state index in [4.69, 9.17) is 0 Å².